The molecule has 136 valence electrons. The Morgan fingerprint density at radius 3 is 2.12 bits per heavy atom. The van der Waals surface area contributed by atoms with Crippen LogP contribution in [-0.2, 0) is 14.3 Å². The number of benzene rings is 2. The lowest BCUT2D eigenvalue weighted by molar-refractivity contribution is -0.123. The highest BCUT2D eigenvalue weighted by Gasteiger charge is 2.21. The first kappa shape index (κ1) is 19.0. The molecule has 0 spiro atoms. The van der Waals surface area contributed by atoms with Crippen molar-refractivity contribution in [3.05, 3.63) is 53.6 Å². The summed E-state index contributed by atoms with van der Waals surface area (Å²) in [4.78, 5) is 35.2. The molecule has 0 fully saturated rings. The van der Waals surface area contributed by atoms with Crippen LogP contribution >= 0.6 is 0 Å². The molecular weight excluding hydrogens is 336 g/mol. The van der Waals surface area contributed by atoms with Gasteiger partial charge in [0.1, 0.15) is 11.3 Å². The normalized spacial score (nSPS) is 11.3. The van der Waals surface area contributed by atoms with Crippen molar-refractivity contribution in [2.45, 2.75) is 26.9 Å². The Balaban J connectivity index is 1.96. The Labute approximate surface area is 151 Å². The van der Waals surface area contributed by atoms with Gasteiger partial charge in [-0.2, -0.15) is 0 Å². The van der Waals surface area contributed by atoms with Crippen molar-refractivity contribution < 1.29 is 24.2 Å². The molecule has 7 nitrogen and oxygen atoms in total. The van der Waals surface area contributed by atoms with Gasteiger partial charge in [0, 0.05) is 18.3 Å². The SMILES string of the molecule is CC(=O)Nc1ccc(NC(=O)[C@@H](C)OC(=O)c2ccc(C)cc2O)cc1. The molecule has 1 atom stereocenters. The van der Waals surface area contributed by atoms with Crippen molar-refractivity contribution in [1.29, 1.82) is 0 Å². The first-order valence-corrected chi connectivity index (χ1v) is 7.95. The van der Waals surface area contributed by atoms with Gasteiger partial charge in [-0.15, -0.1) is 0 Å². The Morgan fingerprint density at radius 2 is 1.58 bits per heavy atom. The first-order valence-electron chi connectivity index (χ1n) is 7.95. The summed E-state index contributed by atoms with van der Waals surface area (Å²) in [6, 6.07) is 11.1. The highest BCUT2D eigenvalue weighted by Crippen LogP contribution is 2.20. The topological polar surface area (TPSA) is 105 Å². The number of ether oxygens (including phenoxy) is 1. The zero-order valence-corrected chi connectivity index (χ0v) is 14.7. The first-order chi connectivity index (χ1) is 12.3. The van der Waals surface area contributed by atoms with E-state index in [4.69, 9.17) is 4.74 Å². The zero-order valence-electron chi connectivity index (χ0n) is 14.7. The molecule has 0 saturated carbocycles. The van der Waals surface area contributed by atoms with Crippen molar-refractivity contribution in [3.8, 4) is 5.75 Å². The molecule has 7 heteroatoms. The van der Waals surface area contributed by atoms with Crippen molar-refractivity contribution >= 4 is 29.2 Å². The molecule has 0 unspecified atom stereocenters. The van der Waals surface area contributed by atoms with Crippen LogP contribution in [0.15, 0.2) is 42.5 Å². The van der Waals surface area contributed by atoms with E-state index in [0.717, 1.165) is 5.56 Å². The molecule has 2 aromatic rings. The smallest absolute Gasteiger partial charge is 0.342 e. The fourth-order valence-corrected chi connectivity index (χ4v) is 2.18. The summed E-state index contributed by atoms with van der Waals surface area (Å²) in [5.74, 6) is -1.69. The Hall–Kier alpha value is -3.35. The van der Waals surface area contributed by atoms with E-state index in [1.54, 1.807) is 37.3 Å². The van der Waals surface area contributed by atoms with Crippen LogP contribution in [0.1, 0.15) is 29.8 Å². The van der Waals surface area contributed by atoms with Gasteiger partial charge in [-0.05, 0) is 55.8 Å². The van der Waals surface area contributed by atoms with Crippen LogP contribution in [0.5, 0.6) is 5.75 Å². The third-order valence-electron chi connectivity index (χ3n) is 3.50. The summed E-state index contributed by atoms with van der Waals surface area (Å²) in [5, 5.41) is 15.0. The predicted octanol–water partition coefficient (Wildman–Crippen LogP) is 2.84. The van der Waals surface area contributed by atoms with Crippen molar-refractivity contribution in [1.82, 2.24) is 0 Å². The van der Waals surface area contributed by atoms with Crippen LogP contribution in [0, 0.1) is 6.92 Å². The maximum Gasteiger partial charge on any atom is 0.342 e. The van der Waals surface area contributed by atoms with Crippen LogP contribution in [0.25, 0.3) is 0 Å². The van der Waals surface area contributed by atoms with Gasteiger partial charge in [0.15, 0.2) is 6.10 Å². The van der Waals surface area contributed by atoms with E-state index in [9.17, 15) is 19.5 Å². The molecule has 0 aliphatic carbocycles. The highest BCUT2D eigenvalue weighted by atomic mass is 16.5. The number of aryl methyl sites for hydroxylation is 1. The summed E-state index contributed by atoms with van der Waals surface area (Å²) < 4.78 is 5.10. The molecule has 0 radical (unpaired) electrons. The Bertz CT molecular complexity index is 830. The molecule has 0 aliphatic rings. The molecule has 26 heavy (non-hydrogen) atoms. The van der Waals surface area contributed by atoms with E-state index in [1.807, 2.05) is 0 Å². The van der Waals surface area contributed by atoms with Gasteiger partial charge in [-0.3, -0.25) is 9.59 Å². The Kier molecular flexibility index (Phi) is 5.95. The van der Waals surface area contributed by atoms with Crippen LogP contribution in [0.4, 0.5) is 11.4 Å². The predicted molar refractivity (Wildman–Crippen MR) is 97.1 cm³/mol. The minimum absolute atomic E-state index is 0.00471. The second-order valence-electron chi connectivity index (χ2n) is 5.82. The number of hydrogen-bond donors (Lipinski definition) is 3. The van der Waals surface area contributed by atoms with Crippen LogP contribution < -0.4 is 10.6 Å². The number of nitrogens with one attached hydrogen (secondary N) is 2. The molecule has 0 aromatic heterocycles. The largest absolute Gasteiger partial charge is 0.507 e. The molecule has 3 N–H and O–H groups in total. The molecule has 0 saturated heterocycles. The number of hydrogen-bond acceptors (Lipinski definition) is 5. The molecular formula is C19H20N2O5. The van der Waals surface area contributed by atoms with Gasteiger partial charge < -0.3 is 20.5 Å². The highest BCUT2D eigenvalue weighted by molar-refractivity contribution is 5.98. The van der Waals surface area contributed by atoms with Crippen LogP contribution in [-0.4, -0.2) is 29.0 Å². The second-order valence-corrected chi connectivity index (χ2v) is 5.82. The van der Waals surface area contributed by atoms with E-state index in [0.29, 0.717) is 11.4 Å². The standard InChI is InChI=1S/C19H20N2O5/c1-11-4-9-16(17(23)10-11)19(25)26-12(2)18(24)21-15-7-5-14(6-8-15)20-13(3)22/h4-10,12,23H,1-3H3,(H,20,22)(H,21,24)/t12-/m1/s1. The lowest BCUT2D eigenvalue weighted by Gasteiger charge is -2.14. The van der Waals surface area contributed by atoms with Gasteiger partial charge in [0.05, 0.1) is 0 Å². The molecule has 2 aromatic carbocycles. The molecule has 0 aliphatic heterocycles. The zero-order chi connectivity index (χ0) is 19.3. The number of rotatable bonds is 5. The Morgan fingerprint density at radius 1 is 1.00 bits per heavy atom. The van der Waals surface area contributed by atoms with Gasteiger partial charge in [-0.1, -0.05) is 6.07 Å². The monoisotopic (exact) mass is 356 g/mol. The maximum atomic E-state index is 12.2. The van der Waals surface area contributed by atoms with Crippen LogP contribution in [0.2, 0.25) is 0 Å². The quantitative estimate of drug-likeness (QED) is 0.715. The lowest BCUT2D eigenvalue weighted by Crippen LogP contribution is -2.30. The minimum Gasteiger partial charge on any atom is -0.507 e. The number of amides is 2. The van der Waals surface area contributed by atoms with E-state index in [-0.39, 0.29) is 17.2 Å². The molecule has 0 heterocycles. The number of anilines is 2. The molecule has 0 bridgehead atoms. The summed E-state index contributed by atoms with van der Waals surface area (Å²) in [6.45, 7) is 4.61. The van der Waals surface area contributed by atoms with Gasteiger partial charge in [0.2, 0.25) is 5.91 Å². The average molecular weight is 356 g/mol. The number of carbonyl (C=O) groups excluding carboxylic acids is 3. The summed E-state index contributed by atoms with van der Waals surface area (Å²) >= 11 is 0. The fraction of sp³-hybridized carbons (Fsp3) is 0.211. The molecule has 2 rings (SSSR count). The maximum absolute atomic E-state index is 12.2. The molecule has 2 amide bonds. The van der Waals surface area contributed by atoms with E-state index in [2.05, 4.69) is 10.6 Å². The average Bonchev–Trinajstić information content (AvgIpc) is 2.55. The third kappa shape index (κ3) is 5.07. The minimum atomic E-state index is -1.06. The van der Waals surface area contributed by atoms with E-state index >= 15 is 0 Å². The van der Waals surface area contributed by atoms with Crippen LogP contribution in [0.3, 0.4) is 0 Å². The number of aromatic hydroxyl groups is 1. The fourth-order valence-electron chi connectivity index (χ4n) is 2.18. The second kappa shape index (κ2) is 8.15. The van der Waals surface area contributed by atoms with E-state index < -0.39 is 18.0 Å². The number of phenols is 1. The van der Waals surface area contributed by atoms with Crippen molar-refractivity contribution in [2.75, 3.05) is 10.6 Å². The van der Waals surface area contributed by atoms with Crippen molar-refractivity contribution in [2.24, 2.45) is 0 Å². The number of phenolic OH excluding ortho intramolecular Hbond substituents is 1. The summed E-state index contributed by atoms with van der Waals surface area (Å²) in [6.07, 6.45) is -1.06. The number of esters is 1. The lowest BCUT2D eigenvalue weighted by atomic mass is 10.1. The van der Waals surface area contributed by atoms with Gasteiger partial charge in [-0.25, -0.2) is 4.79 Å². The van der Waals surface area contributed by atoms with Gasteiger partial charge >= 0.3 is 5.97 Å². The van der Waals surface area contributed by atoms with Crippen molar-refractivity contribution in [3.63, 3.8) is 0 Å². The third-order valence-corrected chi connectivity index (χ3v) is 3.50. The summed E-state index contributed by atoms with van der Waals surface area (Å²) in [5.41, 5.74) is 1.89. The van der Waals surface area contributed by atoms with E-state index in [1.165, 1.54) is 26.0 Å². The van der Waals surface area contributed by atoms with Gasteiger partial charge in [0.25, 0.3) is 5.91 Å². The number of carbonyl (C=O) groups is 3. The summed E-state index contributed by atoms with van der Waals surface area (Å²) in [7, 11) is 0.